The van der Waals surface area contributed by atoms with Gasteiger partial charge in [-0.05, 0) is 73.4 Å². The van der Waals surface area contributed by atoms with Crippen LogP contribution in [0.2, 0.25) is 0 Å². The maximum absolute atomic E-state index is 14.2. The number of hydrogen-bond acceptors (Lipinski definition) is 8. The van der Waals surface area contributed by atoms with E-state index in [0.717, 1.165) is 17.1 Å². The van der Waals surface area contributed by atoms with Crippen LogP contribution in [0.15, 0.2) is 70.6 Å². The van der Waals surface area contributed by atoms with Crippen LogP contribution < -0.4 is 5.73 Å². The summed E-state index contributed by atoms with van der Waals surface area (Å²) in [6.07, 6.45) is -0.809. The van der Waals surface area contributed by atoms with E-state index in [1.54, 1.807) is 0 Å². The van der Waals surface area contributed by atoms with Crippen molar-refractivity contribution in [3.05, 3.63) is 77.6 Å². The van der Waals surface area contributed by atoms with E-state index in [-0.39, 0.29) is 37.4 Å². The molecule has 1 aliphatic heterocycles. The number of Topliss-reactive ketones (excluding diaryl/α,β-unsaturated/α-hetero) is 1. The number of benzene rings is 1. The lowest BCUT2D eigenvalue weighted by molar-refractivity contribution is -0.137. The van der Waals surface area contributed by atoms with Gasteiger partial charge in [-0.25, -0.2) is 17.7 Å². The lowest BCUT2D eigenvalue weighted by Gasteiger charge is -2.50. The molecule has 1 aromatic carbocycles. The number of piperidine rings is 1. The van der Waals surface area contributed by atoms with Crippen molar-refractivity contribution < 1.29 is 26.6 Å². The first-order chi connectivity index (χ1) is 19.3. The van der Waals surface area contributed by atoms with Crippen LogP contribution in [0, 0.1) is 21.9 Å². The van der Waals surface area contributed by atoms with Gasteiger partial charge in [0.25, 0.3) is 0 Å². The molecule has 2 aliphatic rings. The number of aromatic nitrogens is 4. The van der Waals surface area contributed by atoms with E-state index in [4.69, 9.17) is 10.5 Å². The minimum Gasteiger partial charge on any atom is -0.404 e. The Balaban J connectivity index is 1.59. The smallest absolute Gasteiger partial charge is 0.404 e. The number of nitrogens with one attached hydrogen (secondary N) is 1. The van der Waals surface area contributed by atoms with Crippen LogP contribution in [0.5, 0.6) is 0 Å². The first-order valence-corrected chi connectivity index (χ1v) is 14.1. The summed E-state index contributed by atoms with van der Waals surface area (Å²) in [4.78, 5) is 24.0. The Labute approximate surface area is 233 Å². The lowest BCUT2D eigenvalue weighted by atomic mass is 9.59. The third-order valence-corrected chi connectivity index (χ3v) is 9.37. The molecule has 3 N–H and O–H groups in total. The lowest BCUT2D eigenvalue weighted by Crippen LogP contribution is -2.57. The van der Waals surface area contributed by atoms with Gasteiger partial charge in [0.2, 0.25) is 0 Å². The molecule has 1 saturated carbocycles. The zero-order valence-corrected chi connectivity index (χ0v) is 22.6. The quantitative estimate of drug-likeness (QED) is 0.335. The number of halogens is 4. The van der Waals surface area contributed by atoms with Crippen LogP contribution in [-0.4, -0.2) is 53.1 Å². The first-order valence-electron chi connectivity index (χ1n) is 12.6. The molecule has 0 spiro atoms. The monoisotopic (exact) mass is 590 g/mol. The van der Waals surface area contributed by atoms with Gasteiger partial charge in [0.1, 0.15) is 11.5 Å². The molecule has 3 heterocycles. The van der Waals surface area contributed by atoms with Crippen molar-refractivity contribution in [1.82, 2.24) is 24.3 Å². The molecule has 5 rings (SSSR count). The second kappa shape index (κ2) is 10.4. The van der Waals surface area contributed by atoms with Crippen molar-refractivity contribution in [3.63, 3.8) is 0 Å². The highest BCUT2D eigenvalue weighted by Gasteiger charge is 2.55. The molecular weight excluding hydrogens is 564 g/mol. The molecule has 2 unspecified atom stereocenters. The Morgan fingerprint density at radius 2 is 2.00 bits per heavy atom. The number of nitrogens with zero attached hydrogens (tertiary/aromatic N) is 6. The third-order valence-electron chi connectivity index (χ3n) is 7.57. The van der Waals surface area contributed by atoms with Crippen LogP contribution in [0.1, 0.15) is 35.3 Å². The standard InChI is InChI=1S/C26H26F4N8O2S/c1-37-34-14-23(36-37)41(32,40)38-9-7-17-10-21(35-20-4-2-19(27)3-5-20)16(13-31)12-25(17,15-38)24(39)22-11-18(6-8-33-22)26(28,29)30/h2-6,8,11,13-14,17,32H,7,9-10,12,15,31H2,1H3/t17?,25-,41?/m0/s1. The fourth-order valence-electron chi connectivity index (χ4n) is 5.48. The summed E-state index contributed by atoms with van der Waals surface area (Å²) in [5.41, 5.74) is 4.62. The van der Waals surface area contributed by atoms with Crippen molar-refractivity contribution >= 4 is 27.1 Å². The van der Waals surface area contributed by atoms with Crippen molar-refractivity contribution in [2.45, 2.75) is 30.5 Å². The fraction of sp³-hybridized carbons (Fsp3) is 0.346. The van der Waals surface area contributed by atoms with Crippen LogP contribution in [-0.2, 0) is 23.1 Å². The molecule has 10 nitrogen and oxygen atoms in total. The number of pyridine rings is 1. The molecule has 0 bridgehead atoms. The van der Waals surface area contributed by atoms with Crippen LogP contribution in [0.3, 0.4) is 0 Å². The second-order valence-corrected chi connectivity index (χ2v) is 12.1. The van der Waals surface area contributed by atoms with Crippen LogP contribution >= 0.6 is 0 Å². The van der Waals surface area contributed by atoms with Crippen molar-refractivity contribution in [3.8, 4) is 0 Å². The van der Waals surface area contributed by atoms with Gasteiger partial charge in [0, 0.05) is 32.0 Å². The number of aryl methyl sites for hydroxylation is 1. The SMILES string of the molecule is Cn1ncc(S(=N)(=O)N2CCC3CC(=Nc4ccc(F)cc4)C(=CN)C[C@]3(C(=O)c3cc(C(F)(F)F)ccn3)C2)n1. The topological polar surface area (TPSA) is 143 Å². The molecule has 216 valence electrons. The molecule has 2 aromatic heterocycles. The molecule has 15 heteroatoms. The number of allylic oxidation sites excluding steroid dienone is 1. The average Bonchev–Trinajstić information content (AvgIpc) is 3.40. The Morgan fingerprint density at radius 3 is 2.63 bits per heavy atom. The third kappa shape index (κ3) is 5.38. The molecule has 0 radical (unpaired) electrons. The predicted molar refractivity (Wildman–Crippen MR) is 141 cm³/mol. The highest BCUT2D eigenvalue weighted by molar-refractivity contribution is 7.90. The van der Waals surface area contributed by atoms with Gasteiger partial charge in [0.05, 0.1) is 22.9 Å². The summed E-state index contributed by atoms with van der Waals surface area (Å²) >= 11 is 0. The number of fused-ring (bicyclic) bond motifs is 1. The van der Waals surface area contributed by atoms with Crippen LogP contribution in [0.25, 0.3) is 0 Å². The summed E-state index contributed by atoms with van der Waals surface area (Å²) in [6.45, 7) is -0.0609. The molecule has 2 fully saturated rings. The van der Waals surface area contributed by atoms with Gasteiger partial charge in [-0.2, -0.15) is 23.1 Å². The largest absolute Gasteiger partial charge is 0.416 e. The summed E-state index contributed by atoms with van der Waals surface area (Å²) < 4.78 is 77.7. The molecule has 41 heavy (non-hydrogen) atoms. The summed E-state index contributed by atoms with van der Waals surface area (Å²) in [5, 5.41) is 7.83. The molecule has 1 aliphatic carbocycles. The van der Waals surface area contributed by atoms with Crippen LogP contribution in [0.4, 0.5) is 23.2 Å². The summed E-state index contributed by atoms with van der Waals surface area (Å²) in [6, 6.07) is 7.00. The van der Waals surface area contributed by atoms with Gasteiger partial charge >= 0.3 is 6.18 Å². The van der Waals surface area contributed by atoms with Gasteiger partial charge in [-0.3, -0.25) is 14.8 Å². The number of nitrogens with two attached hydrogens (primary N) is 1. The predicted octanol–water partition coefficient (Wildman–Crippen LogP) is 4.29. The minimum atomic E-state index is -4.70. The molecule has 0 amide bonds. The number of aliphatic imine (C=N–C) groups is 1. The van der Waals surface area contributed by atoms with E-state index in [2.05, 4.69) is 20.2 Å². The van der Waals surface area contributed by atoms with E-state index >= 15 is 0 Å². The zero-order chi connectivity index (χ0) is 29.6. The zero-order valence-electron chi connectivity index (χ0n) is 21.8. The summed E-state index contributed by atoms with van der Waals surface area (Å²) in [7, 11) is -2.19. The molecule has 3 atom stereocenters. The molecule has 3 aromatic rings. The van der Waals surface area contributed by atoms with Crippen molar-refractivity contribution in [2.24, 2.45) is 29.1 Å². The Hall–Kier alpha value is -3.98. The Morgan fingerprint density at radius 1 is 1.27 bits per heavy atom. The number of carbonyl (C=O) groups excluding carboxylic acids is 1. The maximum Gasteiger partial charge on any atom is 0.416 e. The second-order valence-electron chi connectivity index (χ2n) is 10.1. The number of hydrogen-bond donors (Lipinski definition) is 2. The van der Waals surface area contributed by atoms with Gasteiger partial charge in [0.15, 0.2) is 20.7 Å². The van der Waals surface area contributed by atoms with Crippen molar-refractivity contribution in [1.29, 1.82) is 4.78 Å². The van der Waals surface area contributed by atoms with E-state index in [9.17, 15) is 26.6 Å². The van der Waals surface area contributed by atoms with E-state index in [0.29, 0.717) is 23.0 Å². The highest BCUT2D eigenvalue weighted by atomic mass is 32.2. The minimum absolute atomic E-state index is 0.0442. The van der Waals surface area contributed by atoms with E-state index in [1.165, 1.54) is 48.0 Å². The normalized spacial score (nSPS) is 25.1. The molecular formula is C26H26F4N8O2S. The molecule has 1 saturated heterocycles. The number of carbonyl (C=O) groups is 1. The van der Waals surface area contributed by atoms with Gasteiger partial charge in [-0.1, -0.05) is 0 Å². The number of rotatable bonds is 5. The van der Waals surface area contributed by atoms with Gasteiger partial charge < -0.3 is 5.73 Å². The van der Waals surface area contributed by atoms with Gasteiger partial charge in [-0.15, -0.1) is 5.10 Å². The highest BCUT2D eigenvalue weighted by Crippen LogP contribution is 2.50. The Bertz CT molecular complexity index is 1650. The Kier molecular flexibility index (Phi) is 7.27. The van der Waals surface area contributed by atoms with E-state index < -0.39 is 50.3 Å². The number of ketones is 1. The average molecular weight is 591 g/mol. The fourth-order valence-corrected chi connectivity index (χ4v) is 6.93. The maximum atomic E-state index is 14.2. The van der Waals surface area contributed by atoms with E-state index in [1.807, 2.05) is 0 Å². The number of alkyl halides is 3. The first kappa shape index (κ1) is 28.5. The van der Waals surface area contributed by atoms with Crippen molar-refractivity contribution in [2.75, 3.05) is 13.1 Å². The summed E-state index contributed by atoms with van der Waals surface area (Å²) in [5.74, 6) is -1.56.